The van der Waals surface area contributed by atoms with E-state index in [-0.39, 0.29) is 17.3 Å². The molecule has 1 heterocycles. The van der Waals surface area contributed by atoms with Crippen LogP contribution in [0.5, 0.6) is 0 Å². The molecule has 0 amide bonds. The van der Waals surface area contributed by atoms with Gasteiger partial charge in [0.05, 0.1) is 46.9 Å². The second kappa shape index (κ2) is 12.3. The molecule has 0 fully saturated rings. The molecule has 12 heteroatoms. The Morgan fingerprint density at radius 3 is 2.30 bits per heavy atom. The highest BCUT2D eigenvalue weighted by Gasteiger charge is 2.40. The lowest BCUT2D eigenvalue weighted by Crippen LogP contribution is -2.83. The van der Waals surface area contributed by atoms with Crippen molar-refractivity contribution in [3.63, 3.8) is 0 Å². The number of ether oxygens (including phenoxy) is 1. The molecule has 2 N–H and O–H groups in total. The molecule has 2 aromatic carbocycles. The van der Waals surface area contributed by atoms with E-state index >= 15 is 0 Å². The van der Waals surface area contributed by atoms with Crippen molar-refractivity contribution in [2.75, 3.05) is 37.5 Å². The molecule has 2 aromatic rings. The van der Waals surface area contributed by atoms with Gasteiger partial charge in [0.1, 0.15) is 0 Å². The summed E-state index contributed by atoms with van der Waals surface area (Å²) in [4.78, 5) is 0.215. The lowest BCUT2D eigenvalue weighted by atomic mass is 10.3. The monoisotopic (exact) mass is 517 g/mol. The van der Waals surface area contributed by atoms with E-state index in [1.54, 1.807) is 17.1 Å². The van der Waals surface area contributed by atoms with Gasteiger partial charge in [-0.05, 0) is 43.3 Å². The Bertz CT molecular complexity index is 1120. The molecule has 0 saturated carbocycles. The number of para-hydroxylation sites is 1. The van der Waals surface area contributed by atoms with Gasteiger partial charge in [-0.3, -0.25) is 5.01 Å². The van der Waals surface area contributed by atoms with Crippen LogP contribution in [0.2, 0.25) is 5.02 Å². The number of hydrogen-bond donors (Lipinski definition) is 1. The van der Waals surface area contributed by atoms with Crippen molar-refractivity contribution < 1.29 is 31.4 Å². The largest absolute Gasteiger partial charge is 0.748 e. The molecule has 1 atom stereocenters. The summed E-state index contributed by atoms with van der Waals surface area (Å²) in [5.74, 6) is 0.246. The number of halogens is 1. The molecule has 9 nitrogen and oxygen atoms in total. The normalized spacial score (nSPS) is 16.1. The molecule has 0 saturated heterocycles. The van der Waals surface area contributed by atoms with E-state index in [0.29, 0.717) is 17.9 Å². The van der Waals surface area contributed by atoms with Gasteiger partial charge in [-0.2, -0.15) is 0 Å². The molecule has 0 spiro atoms. The van der Waals surface area contributed by atoms with Crippen LogP contribution < -0.4 is 10.3 Å². The lowest BCUT2D eigenvalue weighted by Gasteiger charge is -2.16. The second-order valence-electron chi connectivity index (χ2n) is 7.24. The van der Waals surface area contributed by atoms with Gasteiger partial charge in [-0.25, -0.2) is 16.8 Å². The first-order chi connectivity index (χ1) is 15.5. The van der Waals surface area contributed by atoms with Crippen LogP contribution in [-0.4, -0.2) is 65.0 Å². The zero-order chi connectivity index (χ0) is 24.5. The van der Waals surface area contributed by atoms with Crippen molar-refractivity contribution >= 4 is 43.1 Å². The van der Waals surface area contributed by atoms with Gasteiger partial charge in [0.2, 0.25) is 5.90 Å². The number of anilines is 1. The minimum atomic E-state index is -3.92. The fraction of sp³-hybridized carbons (Fsp3) is 0.381. The van der Waals surface area contributed by atoms with Crippen LogP contribution >= 0.6 is 11.6 Å². The number of rotatable bonds is 8. The first-order valence-corrected chi connectivity index (χ1v) is 14.0. The molecular formula is C21H28ClN3O6S2. The predicted molar refractivity (Wildman–Crippen MR) is 127 cm³/mol. The van der Waals surface area contributed by atoms with E-state index in [2.05, 4.69) is 17.3 Å². The summed E-state index contributed by atoms with van der Waals surface area (Å²) in [5.41, 5.74) is 0.830. The lowest BCUT2D eigenvalue weighted by molar-refractivity contribution is -0.652. The van der Waals surface area contributed by atoms with Crippen molar-refractivity contribution in [1.82, 2.24) is 0 Å². The average molecular weight is 518 g/mol. The summed E-state index contributed by atoms with van der Waals surface area (Å²) in [6.45, 7) is 4.68. The molecule has 1 unspecified atom stereocenters. The molecule has 0 aliphatic carbocycles. The third-order valence-electron chi connectivity index (χ3n) is 4.50. The van der Waals surface area contributed by atoms with Crippen molar-refractivity contribution in [3.05, 3.63) is 59.6 Å². The number of hydrazone groups is 1. The topological polar surface area (TPSA) is 133 Å². The third-order valence-corrected chi connectivity index (χ3v) is 6.78. The summed E-state index contributed by atoms with van der Waals surface area (Å²) >= 11 is 5.91. The number of quaternary nitrogens is 1. The van der Waals surface area contributed by atoms with Gasteiger partial charge in [0, 0.05) is 17.7 Å². The molecule has 3 rings (SSSR count). The van der Waals surface area contributed by atoms with Gasteiger partial charge in [0.25, 0.3) is 0 Å². The highest BCUT2D eigenvalue weighted by molar-refractivity contribution is 7.92. The van der Waals surface area contributed by atoms with Crippen LogP contribution in [0.3, 0.4) is 0 Å². The molecule has 182 valence electrons. The molecular weight excluding hydrogens is 490 g/mol. The fourth-order valence-corrected chi connectivity index (χ4v) is 4.66. The zero-order valence-electron chi connectivity index (χ0n) is 18.4. The minimum Gasteiger partial charge on any atom is -0.748 e. The van der Waals surface area contributed by atoms with Gasteiger partial charge >= 0.3 is 0 Å². The van der Waals surface area contributed by atoms with E-state index in [1.165, 1.54) is 12.1 Å². The molecule has 1 aliphatic rings. The number of nitrogens with two attached hydrogens (primary N) is 1. The van der Waals surface area contributed by atoms with E-state index < -0.39 is 25.2 Å². The standard InChI is InChI=1S/C20H24ClN3O3S.CH4O3S/c1-2-22-13-6-14-27-20-19(15-24(23-20)17-7-4-3-5-8-17)28(25,26)18-11-9-16(21)10-12-18;1-5(2,3)4/h3-5,7-12,19,22H,2,6,13-15H2,1H3;1H3,(H,2,3,4). The van der Waals surface area contributed by atoms with Crippen LogP contribution in [0.4, 0.5) is 5.69 Å². The summed E-state index contributed by atoms with van der Waals surface area (Å²) in [6.07, 6.45) is 1.43. The zero-order valence-corrected chi connectivity index (χ0v) is 20.8. The molecule has 0 aromatic heterocycles. The summed E-state index contributed by atoms with van der Waals surface area (Å²) in [6, 6.07) is 15.7. The van der Waals surface area contributed by atoms with Gasteiger partial charge in [-0.1, -0.05) is 29.8 Å². The van der Waals surface area contributed by atoms with E-state index in [4.69, 9.17) is 29.3 Å². The SMILES string of the molecule is CC[NH2+]CCCOC1=NN(c2ccccc2)CC1S(=O)(=O)c1ccc(Cl)cc1.CS(=O)(=O)[O-]. The molecule has 1 aliphatic heterocycles. The smallest absolute Gasteiger partial charge is 0.227 e. The molecule has 0 radical (unpaired) electrons. The maximum Gasteiger partial charge on any atom is 0.227 e. The van der Waals surface area contributed by atoms with Gasteiger partial charge in [-0.15, -0.1) is 5.10 Å². The van der Waals surface area contributed by atoms with Crippen LogP contribution in [0.15, 0.2) is 64.6 Å². The Balaban J connectivity index is 0.000000696. The van der Waals surface area contributed by atoms with Crippen LogP contribution in [0.1, 0.15) is 13.3 Å². The van der Waals surface area contributed by atoms with Crippen molar-refractivity contribution in [2.24, 2.45) is 5.10 Å². The maximum absolute atomic E-state index is 13.2. The Kier molecular flexibility index (Phi) is 10.1. The summed E-state index contributed by atoms with van der Waals surface area (Å²) in [7, 11) is -7.57. The predicted octanol–water partition coefficient (Wildman–Crippen LogP) is 1.47. The summed E-state index contributed by atoms with van der Waals surface area (Å²) in [5, 5.41) is 7.98. The molecule has 33 heavy (non-hydrogen) atoms. The van der Waals surface area contributed by atoms with Crippen molar-refractivity contribution in [2.45, 2.75) is 23.5 Å². The van der Waals surface area contributed by atoms with E-state index in [0.717, 1.165) is 25.2 Å². The fourth-order valence-electron chi connectivity index (χ4n) is 2.97. The number of hydrogen-bond acceptors (Lipinski definition) is 8. The highest BCUT2D eigenvalue weighted by Crippen LogP contribution is 2.27. The van der Waals surface area contributed by atoms with Crippen LogP contribution in [0, 0.1) is 0 Å². The first-order valence-electron chi connectivity index (χ1n) is 10.3. The van der Waals surface area contributed by atoms with Crippen molar-refractivity contribution in [3.8, 4) is 0 Å². The van der Waals surface area contributed by atoms with Crippen molar-refractivity contribution in [1.29, 1.82) is 0 Å². The maximum atomic E-state index is 13.2. The number of benzene rings is 2. The Morgan fingerprint density at radius 1 is 1.12 bits per heavy atom. The number of sulfone groups is 1. The third kappa shape index (κ3) is 8.94. The molecule has 0 bridgehead atoms. The minimum absolute atomic E-state index is 0.214. The van der Waals surface area contributed by atoms with E-state index in [1.807, 2.05) is 30.3 Å². The Labute approximate surface area is 200 Å². The van der Waals surface area contributed by atoms with Crippen LogP contribution in [-0.2, 0) is 24.7 Å². The Morgan fingerprint density at radius 2 is 1.73 bits per heavy atom. The first kappa shape index (κ1) is 27.1. The van der Waals surface area contributed by atoms with Gasteiger partial charge in [0.15, 0.2) is 15.1 Å². The quantitative estimate of drug-likeness (QED) is 0.414. The van der Waals surface area contributed by atoms with Crippen LogP contribution in [0.25, 0.3) is 0 Å². The summed E-state index contributed by atoms with van der Waals surface area (Å²) < 4.78 is 59.5. The van der Waals surface area contributed by atoms with Gasteiger partial charge < -0.3 is 14.6 Å². The average Bonchev–Trinajstić information content (AvgIpc) is 3.18. The number of nitrogens with zero attached hydrogens (tertiary/aromatic N) is 2. The van der Waals surface area contributed by atoms with E-state index in [9.17, 15) is 8.42 Å². The Hall–Kier alpha value is -2.18. The highest BCUT2D eigenvalue weighted by atomic mass is 35.5. The second-order valence-corrected chi connectivity index (χ2v) is 11.2.